The van der Waals surface area contributed by atoms with Crippen molar-refractivity contribution in [2.45, 2.75) is 26.4 Å². The molecule has 0 atom stereocenters. The van der Waals surface area contributed by atoms with E-state index in [-0.39, 0.29) is 12.6 Å². The van der Waals surface area contributed by atoms with Crippen molar-refractivity contribution >= 4 is 16.1 Å². The van der Waals surface area contributed by atoms with Crippen molar-refractivity contribution in [2.75, 3.05) is 12.9 Å². The molecule has 0 saturated carbocycles. The van der Waals surface area contributed by atoms with E-state index >= 15 is 0 Å². The third-order valence-corrected chi connectivity index (χ3v) is 2.45. The Balaban J connectivity index is 2.32. The Morgan fingerprint density at radius 3 is 2.83 bits per heavy atom. The van der Waals surface area contributed by atoms with Crippen molar-refractivity contribution in [3.63, 3.8) is 0 Å². The summed E-state index contributed by atoms with van der Waals surface area (Å²) in [5, 5.41) is 3.66. The molecule has 1 aromatic heterocycles. The lowest BCUT2D eigenvalue weighted by atomic mass is 10.2. The van der Waals surface area contributed by atoms with E-state index in [9.17, 15) is 13.2 Å². The molecule has 0 aliphatic carbocycles. The van der Waals surface area contributed by atoms with E-state index in [1.807, 2.05) is 0 Å². The summed E-state index contributed by atoms with van der Waals surface area (Å²) in [6, 6.07) is 1.61. The molecule has 1 rings (SSSR count). The Morgan fingerprint density at radius 1 is 1.50 bits per heavy atom. The van der Waals surface area contributed by atoms with Crippen LogP contribution in [0.3, 0.4) is 0 Å². The van der Waals surface area contributed by atoms with Crippen LogP contribution in [0.4, 0.5) is 0 Å². The van der Waals surface area contributed by atoms with Gasteiger partial charge in [-0.1, -0.05) is 5.16 Å². The Hall–Kier alpha value is -1.41. The fourth-order valence-electron chi connectivity index (χ4n) is 1.17. The fourth-order valence-corrected chi connectivity index (χ4v) is 1.51. The van der Waals surface area contributed by atoms with Crippen LogP contribution in [0.15, 0.2) is 10.6 Å². The van der Waals surface area contributed by atoms with Crippen molar-refractivity contribution < 1.29 is 26.7 Å². The van der Waals surface area contributed by atoms with Crippen LogP contribution in [0, 0.1) is 0 Å². The van der Waals surface area contributed by atoms with Crippen LogP contribution >= 0.6 is 0 Å². The molecule has 0 fully saturated rings. The first kappa shape index (κ1) is 14.7. The first-order valence-electron chi connectivity index (χ1n) is 5.29. The van der Waals surface area contributed by atoms with Gasteiger partial charge in [0.1, 0.15) is 18.1 Å². The Kier molecular flexibility index (Phi) is 5.29. The number of carbonyl (C=O) groups excluding carboxylic acids is 1. The van der Waals surface area contributed by atoms with E-state index in [1.54, 1.807) is 6.07 Å². The standard InChI is InChI=1S/C10H15NO6S/c1-8(12)15-5-3-4-10-6-9(11-17-10)7-16-18(2,13)14/h6H,3-5,7H2,1-2H3. The van der Waals surface area contributed by atoms with Crippen molar-refractivity contribution in [2.24, 2.45) is 0 Å². The summed E-state index contributed by atoms with van der Waals surface area (Å²) >= 11 is 0. The smallest absolute Gasteiger partial charge is 0.302 e. The molecule has 1 aromatic rings. The van der Waals surface area contributed by atoms with Gasteiger partial charge in [0.2, 0.25) is 0 Å². The predicted octanol–water partition coefficient (Wildman–Crippen LogP) is 0.647. The van der Waals surface area contributed by atoms with Gasteiger partial charge in [-0.2, -0.15) is 8.42 Å². The quantitative estimate of drug-likeness (QED) is 0.410. The minimum Gasteiger partial charge on any atom is -0.466 e. The minimum absolute atomic E-state index is 0.147. The van der Waals surface area contributed by atoms with Crippen LogP contribution in [0.2, 0.25) is 0 Å². The average molecular weight is 277 g/mol. The number of aryl methyl sites for hydroxylation is 1. The molecular weight excluding hydrogens is 262 g/mol. The molecule has 0 N–H and O–H groups in total. The van der Waals surface area contributed by atoms with Gasteiger partial charge in [0.25, 0.3) is 10.1 Å². The summed E-state index contributed by atoms with van der Waals surface area (Å²) in [5.74, 6) is 0.268. The summed E-state index contributed by atoms with van der Waals surface area (Å²) in [5.41, 5.74) is 0.405. The van der Waals surface area contributed by atoms with Crippen LogP contribution in [0.25, 0.3) is 0 Å². The number of hydrogen-bond donors (Lipinski definition) is 0. The first-order valence-corrected chi connectivity index (χ1v) is 7.11. The molecule has 18 heavy (non-hydrogen) atoms. The number of aromatic nitrogens is 1. The van der Waals surface area contributed by atoms with E-state index in [0.717, 1.165) is 6.26 Å². The molecule has 0 unspecified atom stereocenters. The van der Waals surface area contributed by atoms with Gasteiger partial charge < -0.3 is 9.26 Å². The van der Waals surface area contributed by atoms with Crippen molar-refractivity contribution in [3.8, 4) is 0 Å². The van der Waals surface area contributed by atoms with Gasteiger partial charge in [0, 0.05) is 19.4 Å². The zero-order valence-electron chi connectivity index (χ0n) is 10.2. The van der Waals surface area contributed by atoms with E-state index in [1.165, 1.54) is 6.92 Å². The van der Waals surface area contributed by atoms with E-state index in [2.05, 4.69) is 9.34 Å². The van der Waals surface area contributed by atoms with Crippen molar-refractivity contribution in [1.82, 2.24) is 5.16 Å². The highest BCUT2D eigenvalue weighted by Crippen LogP contribution is 2.08. The van der Waals surface area contributed by atoms with Crippen LogP contribution in [0.5, 0.6) is 0 Å². The molecular formula is C10H15NO6S. The lowest BCUT2D eigenvalue weighted by Gasteiger charge is -1.98. The number of carbonyl (C=O) groups is 1. The zero-order valence-corrected chi connectivity index (χ0v) is 11.0. The Bertz CT molecular complexity index is 492. The molecule has 0 saturated heterocycles. The highest BCUT2D eigenvalue weighted by molar-refractivity contribution is 7.85. The number of rotatable bonds is 7. The van der Waals surface area contributed by atoms with Gasteiger partial charge in [-0.3, -0.25) is 8.98 Å². The number of ether oxygens (including phenoxy) is 1. The summed E-state index contributed by atoms with van der Waals surface area (Å²) < 4.78 is 35.8. The van der Waals surface area contributed by atoms with Crippen LogP contribution < -0.4 is 0 Å². The maximum absolute atomic E-state index is 10.8. The molecule has 0 aromatic carbocycles. The second-order valence-electron chi connectivity index (χ2n) is 3.69. The SMILES string of the molecule is CC(=O)OCCCc1cc(COS(C)(=O)=O)no1. The molecule has 7 nitrogen and oxygen atoms in total. The molecule has 8 heteroatoms. The summed E-state index contributed by atoms with van der Waals surface area (Å²) in [6.45, 7) is 1.51. The van der Waals surface area contributed by atoms with E-state index in [4.69, 9.17) is 9.26 Å². The van der Waals surface area contributed by atoms with E-state index < -0.39 is 10.1 Å². The Morgan fingerprint density at radius 2 is 2.22 bits per heavy atom. The van der Waals surface area contributed by atoms with Gasteiger partial charge in [0.05, 0.1) is 12.9 Å². The summed E-state index contributed by atoms with van der Waals surface area (Å²) in [4.78, 5) is 10.5. The fraction of sp³-hybridized carbons (Fsp3) is 0.600. The van der Waals surface area contributed by atoms with Crippen molar-refractivity contribution in [3.05, 3.63) is 17.5 Å². The largest absolute Gasteiger partial charge is 0.466 e. The molecule has 0 bridgehead atoms. The van der Waals surface area contributed by atoms with Gasteiger partial charge in [0.15, 0.2) is 0 Å². The molecule has 0 spiro atoms. The highest BCUT2D eigenvalue weighted by Gasteiger charge is 2.08. The monoisotopic (exact) mass is 277 g/mol. The molecule has 0 radical (unpaired) electrons. The van der Waals surface area contributed by atoms with Gasteiger partial charge in [-0.25, -0.2) is 0 Å². The van der Waals surface area contributed by atoms with Gasteiger partial charge >= 0.3 is 5.97 Å². The number of esters is 1. The normalized spacial score (nSPS) is 11.4. The van der Waals surface area contributed by atoms with Crippen LogP contribution in [-0.2, 0) is 36.9 Å². The molecule has 0 amide bonds. The summed E-state index contributed by atoms with van der Waals surface area (Å²) in [6.07, 6.45) is 2.13. The average Bonchev–Trinajstić information content (AvgIpc) is 2.68. The lowest BCUT2D eigenvalue weighted by molar-refractivity contribution is -0.141. The van der Waals surface area contributed by atoms with Gasteiger partial charge in [-0.05, 0) is 6.42 Å². The molecule has 0 aliphatic heterocycles. The molecule has 0 aliphatic rings. The molecule has 1 heterocycles. The Labute approximate surface area is 105 Å². The topological polar surface area (TPSA) is 95.7 Å². The van der Waals surface area contributed by atoms with Crippen LogP contribution in [0.1, 0.15) is 24.8 Å². The lowest BCUT2D eigenvalue weighted by Crippen LogP contribution is -2.02. The maximum Gasteiger partial charge on any atom is 0.302 e. The van der Waals surface area contributed by atoms with Gasteiger partial charge in [-0.15, -0.1) is 0 Å². The predicted molar refractivity (Wildman–Crippen MR) is 61.1 cm³/mol. The second-order valence-corrected chi connectivity index (χ2v) is 5.34. The highest BCUT2D eigenvalue weighted by atomic mass is 32.2. The second kappa shape index (κ2) is 6.50. The first-order chi connectivity index (χ1) is 8.37. The minimum atomic E-state index is -3.48. The summed E-state index contributed by atoms with van der Waals surface area (Å²) in [7, 11) is -3.48. The maximum atomic E-state index is 10.8. The number of nitrogens with zero attached hydrogens (tertiary/aromatic N) is 1. The van der Waals surface area contributed by atoms with Crippen LogP contribution in [-0.4, -0.2) is 32.4 Å². The number of hydrogen-bond acceptors (Lipinski definition) is 7. The third-order valence-electron chi connectivity index (χ3n) is 1.90. The van der Waals surface area contributed by atoms with Crippen molar-refractivity contribution in [1.29, 1.82) is 0 Å². The molecule has 102 valence electrons. The third kappa shape index (κ3) is 6.36. The van der Waals surface area contributed by atoms with E-state index in [0.29, 0.717) is 30.9 Å². The zero-order chi connectivity index (χ0) is 13.6.